The molecule has 0 spiro atoms. The monoisotopic (exact) mass is 187 g/mol. The van der Waals surface area contributed by atoms with E-state index in [1.54, 1.807) is 10.7 Å². The second-order valence-electron chi connectivity index (χ2n) is 2.98. The van der Waals surface area contributed by atoms with Gasteiger partial charge in [0, 0.05) is 12.2 Å². The summed E-state index contributed by atoms with van der Waals surface area (Å²) >= 11 is 0. The van der Waals surface area contributed by atoms with Gasteiger partial charge in [-0.2, -0.15) is 10.4 Å². The molecule has 1 atom stereocenters. The minimum absolute atomic E-state index is 0.268. The normalized spacial score (nSPS) is 12.6. The molecule has 0 aromatic carbocycles. The van der Waals surface area contributed by atoms with Crippen molar-refractivity contribution in [1.82, 2.24) is 14.6 Å². The Balaban J connectivity index is 2.48. The van der Waals surface area contributed by atoms with Crippen LogP contribution in [-0.4, -0.2) is 14.6 Å². The quantitative estimate of drug-likeness (QED) is 0.748. The highest BCUT2D eigenvalue weighted by Crippen LogP contribution is 2.19. The first-order chi connectivity index (χ1) is 6.83. The first kappa shape index (κ1) is 8.66. The Hall–Kier alpha value is -1.93. The minimum Gasteiger partial charge on any atom is -0.323 e. The van der Waals surface area contributed by atoms with Gasteiger partial charge >= 0.3 is 0 Å². The van der Waals surface area contributed by atoms with Crippen molar-refractivity contribution < 1.29 is 0 Å². The number of hydrogen-bond acceptors (Lipinski definition) is 4. The van der Waals surface area contributed by atoms with Crippen LogP contribution in [0.25, 0.3) is 5.52 Å². The van der Waals surface area contributed by atoms with Crippen LogP contribution in [0.3, 0.4) is 0 Å². The molecule has 0 saturated heterocycles. The summed E-state index contributed by atoms with van der Waals surface area (Å²) in [5.74, 6) is 0. The van der Waals surface area contributed by atoms with Crippen molar-refractivity contribution in [3.63, 3.8) is 0 Å². The molecule has 0 aliphatic rings. The van der Waals surface area contributed by atoms with Crippen LogP contribution < -0.4 is 5.73 Å². The molecule has 2 N–H and O–H groups in total. The summed E-state index contributed by atoms with van der Waals surface area (Å²) in [6.07, 6.45) is 5.27. The van der Waals surface area contributed by atoms with Gasteiger partial charge < -0.3 is 5.73 Å². The van der Waals surface area contributed by atoms with E-state index in [4.69, 9.17) is 11.0 Å². The molecule has 5 nitrogen and oxygen atoms in total. The van der Waals surface area contributed by atoms with E-state index in [1.807, 2.05) is 18.3 Å². The average Bonchev–Trinajstić information content (AvgIpc) is 2.61. The van der Waals surface area contributed by atoms with Crippen molar-refractivity contribution in [2.45, 2.75) is 12.5 Å². The van der Waals surface area contributed by atoms with Gasteiger partial charge in [0.05, 0.1) is 24.2 Å². The molecule has 0 amide bonds. The van der Waals surface area contributed by atoms with Gasteiger partial charge in [0.1, 0.15) is 6.33 Å². The summed E-state index contributed by atoms with van der Waals surface area (Å²) in [7, 11) is 0. The maximum Gasteiger partial charge on any atom is 0.136 e. The zero-order valence-electron chi connectivity index (χ0n) is 7.46. The summed E-state index contributed by atoms with van der Waals surface area (Å²) in [5.41, 5.74) is 7.59. The maximum atomic E-state index is 8.54. The predicted molar refractivity (Wildman–Crippen MR) is 50.1 cm³/mol. The molecule has 2 aromatic heterocycles. The fourth-order valence-electron chi connectivity index (χ4n) is 1.39. The van der Waals surface area contributed by atoms with Gasteiger partial charge in [-0.15, -0.1) is 0 Å². The molecule has 0 aliphatic heterocycles. The molecule has 14 heavy (non-hydrogen) atoms. The number of nitriles is 1. The lowest BCUT2D eigenvalue weighted by Crippen LogP contribution is -2.09. The molecule has 0 saturated carbocycles. The molecule has 1 unspecified atom stereocenters. The van der Waals surface area contributed by atoms with Crippen LogP contribution in [0.2, 0.25) is 0 Å². The van der Waals surface area contributed by atoms with Crippen LogP contribution in [-0.2, 0) is 0 Å². The number of rotatable bonds is 2. The van der Waals surface area contributed by atoms with E-state index in [1.165, 1.54) is 6.33 Å². The standard InChI is InChI=1S/C9H9N5/c10-3-1-8(11)7-2-4-14-9(7)5-12-6-13-14/h2,4-6,8H,1,11H2. The number of nitrogens with two attached hydrogens (primary N) is 1. The van der Waals surface area contributed by atoms with Gasteiger partial charge in [0.2, 0.25) is 0 Å². The van der Waals surface area contributed by atoms with Gasteiger partial charge in [0.15, 0.2) is 0 Å². The van der Waals surface area contributed by atoms with Crippen molar-refractivity contribution in [1.29, 1.82) is 5.26 Å². The molecule has 0 bridgehead atoms. The highest BCUT2D eigenvalue weighted by atomic mass is 15.2. The molecule has 0 fully saturated rings. The van der Waals surface area contributed by atoms with Crippen LogP contribution in [0.1, 0.15) is 18.0 Å². The Morgan fingerprint density at radius 1 is 1.64 bits per heavy atom. The van der Waals surface area contributed by atoms with E-state index >= 15 is 0 Å². The molecule has 0 radical (unpaired) electrons. The van der Waals surface area contributed by atoms with Crippen LogP contribution in [0.4, 0.5) is 0 Å². The Bertz CT molecular complexity index is 481. The van der Waals surface area contributed by atoms with Crippen molar-refractivity contribution in [2.75, 3.05) is 0 Å². The van der Waals surface area contributed by atoms with E-state index < -0.39 is 0 Å². The smallest absolute Gasteiger partial charge is 0.136 e. The second-order valence-corrected chi connectivity index (χ2v) is 2.98. The van der Waals surface area contributed by atoms with E-state index in [-0.39, 0.29) is 6.04 Å². The van der Waals surface area contributed by atoms with Crippen molar-refractivity contribution in [3.05, 3.63) is 30.4 Å². The summed E-state index contributed by atoms with van der Waals surface area (Å²) in [6, 6.07) is 3.64. The number of aromatic nitrogens is 3. The average molecular weight is 187 g/mol. The minimum atomic E-state index is -0.268. The predicted octanol–water partition coefficient (Wildman–Crippen LogP) is 0.643. The van der Waals surface area contributed by atoms with E-state index in [2.05, 4.69) is 10.1 Å². The molecule has 2 aromatic rings. The fourth-order valence-corrected chi connectivity index (χ4v) is 1.39. The first-order valence-corrected chi connectivity index (χ1v) is 4.22. The van der Waals surface area contributed by atoms with Crippen molar-refractivity contribution in [2.24, 2.45) is 5.73 Å². The molecular weight excluding hydrogens is 178 g/mol. The lowest BCUT2D eigenvalue weighted by Gasteiger charge is -2.04. The third-order valence-corrected chi connectivity index (χ3v) is 2.09. The van der Waals surface area contributed by atoms with Gasteiger partial charge in [0.25, 0.3) is 0 Å². The number of fused-ring (bicyclic) bond motifs is 1. The van der Waals surface area contributed by atoms with Gasteiger partial charge in [-0.1, -0.05) is 0 Å². The maximum absolute atomic E-state index is 8.54. The van der Waals surface area contributed by atoms with Crippen LogP contribution >= 0.6 is 0 Å². The Morgan fingerprint density at radius 3 is 3.29 bits per heavy atom. The number of nitrogens with zero attached hydrogens (tertiary/aromatic N) is 4. The van der Waals surface area contributed by atoms with E-state index in [0.717, 1.165) is 11.1 Å². The highest BCUT2D eigenvalue weighted by molar-refractivity contribution is 5.54. The lowest BCUT2D eigenvalue weighted by molar-refractivity contribution is 0.753. The lowest BCUT2D eigenvalue weighted by atomic mass is 10.1. The Labute approximate surface area is 80.8 Å². The van der Waals surface area contributed by atoms with Crippen LogP contribution in [0.5, 0.6) is 0 Å². The molecule has 5 heteroatoms. The molecular formula is C9H9N5. The third kappa shape index (κ3) is 1.32. The Kier molecular flexibility index (Phi) is 2.13. The first-order valence-electron chi connectivity index (χ1n) is 4.22. The topological polar surface area (TPSA) is 80.0 Å². The zero-order chi connectivity index (χ0) is 9.97. The van der Waals surface area contributed by atoms with E-state index in [9.17, 15) is 0 Å². The number of hydrogen-bond donors (Lipinski definition) is 1. The summed E-state index contributed by atoms with van der Waals surface area (Å²) in [5, 5.41) is 12.6. The SMILES string of the molecule is N#CCC(N)c1ccn2ncncc12. The highest BCUT2D eigenvalue weighted by Gasteiger charge is 2.10. The fraction of sp³-hybridized carbons (Fsp3) is 0.222. The van der Waals surface area contributed by atoms with Crippen molar-refractivity contribution in [3.8, 4) is 6.07 Å². The van der Waals surface area contributed by atoms with Crippen molar-refractivity contribution >= 4 is 5.52 Å². The van der Waals surface area contributed by atoms with Gasteiger partial charge in [-0.25, -0.2) is 9.50 Å². The van der Waals surface area contributed by atoms with Crippen LogP contribution in [0.15, 0.2) is 24.8 Å². The molecule has 2 rings (SSSR count). The summed E-state index contributed by atoms with van der Waals surface area (Å²) in [4.78, 5) is 3.92. The second kappa shape index (κ2) is 3.44. The van der Waals surface area contributed by atoms with Gasteiger partial charge in [-0.3, -0.25) is 0 Å². The zero-order valence-corrected chi connectivity index (χ0v) is 7.46. The van der Waals surface area contributed by atoms with Crippen LogP contribution in [0, 0.1) is 11.3 Å². The van der Waals surface area contributed by atoms with Gasteiger partial charge in [-0.05, 0) is 11.6 Å². The largest absolute Gasteiger partial charge is 0.323 e. The summed E-state index contributed by atoms with van der Waals surface area (Å²) < 4.78 is 1.69. The molecule has 2 heterocycles. The third-order valence-electron chi connectivity index (χ3n) is 2.09. The molecule has 70 valence electrons. The van der Waals surface area contributed by atoms with E-state index in [0.29, 0.717) is 6.42 Å². The molecule has 0 aliphatic carbocycles. The summed E-state index contributed by atoms with van der Waals surface area (Å²) in [6.45, 7) is 0. The Morgan fingerprint density at radius 2 is 2.50 bits per heavy atom.